The van der Waals surface area contributed by atoms with Crippen molar-refractivity contribution in [1.82, 2.24) is 0 Å². The number of primary amides is 1. The predicted molar refractivity (Wildman–Crippen MR) is 122 cm³/mol. The number of nitrogens with zero attached hydrogens (tertiary/aromatic N) is 2. The van der Waals surface area contributed by atoms with Crippen molar-refractivity contribution < 1.29 is 27.2 Å². The molecule has 0 aliphatic carbocycles. The number of anilines is 2. The Morgan fingerprint density at radius 3 is 2.63 bits per heavy atom. The molecule has 1 saturated heterocycles. The first-order chi connectivity index (χ1) is 16.5. The second-order valence-electron chi connectivity index (χ2n) is 8.53. The van der Waals surface area contributed by atoms with Gasteiger partial charge < -0.3 is 21.7 Å². The summed E-state index contributed by atoms with van der Waals surface area (Å²) in [4.78, 5) is 31.1. The number of carbonyl (C=O) groups excluding carboxylic acids is 2. The molecule has 184 valence electrons. The maximum atomic E-state index is 13.6. The summed E-state index contributed by atoms with van der Waals surface area (Å²) in [5.41, 5.74) is 9.77. The number of hydrogen-bond acceptors (Lipinski definition) is 5. The number of rotatable bonds is 4. The van der Waals surface area contributed by atoms with Gasteiger partial charge in [0.25, 0.3) is 5.91 Å². The summed E-state index contributed by atoms with van der Waals surface area (Å²) in [6, 6.07) is 5.52. The van der Waals surface area contributed by atoms with Gasteiger partial charge in [0, 0.05) is 35.9 Å². The van der Waals surface area contributed by atoms with Crippen LogP contribution in [-0.4, -0.2) is 30.4 Å². The van der Waals surface area contributed by atoms with Crippen molar-refractivity contribution in [3.8, 4) is 0 Å². The van der Waals surface area contributed by atoms with E-state index >= 15 is 0 Å². The fraction of sp³-hybridized carbons (Fsp3) is 0.292. The molecule has 2 aliphatic rings. The number of benzene rings is 2. The number of amides is 2. The van der Waals surface area contributed by atoms with Gasteiger partial charge in [-0.05, 0) is 49.6 Å². The number of allylic oxidation sites excluding steroid dienone is 1. The Morgan fingerprint density at radius 2 is 1.91 bits per heavy atom. The minimum Gasteiger partial charge on any atom is -0.369 e. The largest absolute Gasteiger partial charge is 0.419 e. The van der Waals surface area contributed by atoms with E-state index in [1.807, 2.05) is 17.1 Å². The Kier molecular flexibility index (Phi) is 6.37. The van der Waals surface area contributed by atoms with Crippen molar-refractivity contribution in [2.45, 2.75) is 31.0 Å². The fourth-order valence-electron chi connectivity index (χ4n) is 4.24. The monoisotopic (exact) mass is 489 g/mol. The van der Waals surface area contributed by atoms with E-state index in [4.69, 9.17) is 11.5 Å². The van der Waals surface area contributed by atoms with Gasteiger partial charge in [0.2, 0.25) is 5.91 Å². The molecular weight excluding hydrogens is 466 g/mol. The van der Waals surface area contributed by atoms with Crippen LogP contribution in [0.5, 0.6) is 0 Å². The molecule has 2 heterocycles. The summed E-state index contributed by atoms with van der Waals surface area (Å²) in [6.07, 6.45) is 2.20. The van der Waals surface area contributed by atoms with E-state index in [1.165, 1.54) is 0 Å². The van der Waals surface area contributed by atoms with Crippen LogP contribution in [0.3, 0.4) is 0 Å². The molecular formula is C24H23F4N5O2. The highest BCUT2D eigenvalue weighted by atomic mass is 19.4. The predicted octanol–water partition coefficient (Wildman–Crippen LogP) is 2.20. The van der Waals surface area contributed by atoms with Crippen LogP contribution in [-0.2, 0) is 11.0 Å². The summed E-state index contributed by atoms with van der Waals surface area (Å²) in [5.74, 6) is -2.74. The molecule has 11 heteroatoms. The van der Waals surface area contributed by atoms with Gasteiger partial charge in [-0.25, -0.2) is 4.39 Å². The second-order valence-corrected chi connectivity index (χ2v) is 8.53. The molecule has 0 saturated carbocycles. The highest BCUT2D eigenvalue weighted by Crippen LogP contribution is 2.33. The molecule has 1 fully saturated rings. The van der Waals surface area contributed by atoms with Gasteiger partial charge in [0.1, 0.15) is 11.4 Å². The molecule has 0 aromatic heterocycles. The molecule has 2 aromatic rings. The normalized spacial score (nSPS) is 19.7. The fourth-order valence-corrected chi connectivity index (χ4v) is 4.24. The first-order valence-corrected chi connectivity index (χ1v) is 10.9. The van der Waals surface area contributed by atoms with E-state index < -0.39 is 34.9 Å². The van der Waals surface area contributed by atoms with E-state index in [-0.39, 0.29) is 24.2 Å². The first kappa shape index (κ1) is 24.4. The molecule has 0 bridgehead atoms. The highest BCUT2D eigenvalue weighted by Gasteiger charge is 2.42. The van der Waals surface area contributed by atoms with Crippen LogP contribution in [0.15, 0.2) is 47.6 Å². The lowest BCUT2D eigenvalue weighted by Crippen LogP contribution is -2.53. The smallest absolute Gasteiger partial charge is 0.369 e. The Hall–Kier alpha value is -3.73. The van der Waals surface area contributed by atoms with E-state index in [9.17, 15) is 27.2 Å². The maximum Gasteiger partial charge on any atom is 0.419 e. The Labute approximate surface area is 197 Å². The van der Waals surface area contributed by atoms with E-state index in [2.05, 4.69) is 10.3 Å². The Balaban J connectivity index is 1.62. The lowest BCUT2D eigenvalue weighted by molar-refractivity contribution is -0.140. The SMILES string of the molecule is NC(=O)c1ccc(N2CCC(N)(C(=O)Nc3ccc(F)c(C(F)(F)F)c3)C2)c2c1=NC=CCCC=2. The third kappa shape index (κ3) is 4.90. The van der Waals surface area contributed by atoms with Crippen molar-refractivity contribution in [3.63, 3.8) is 0 Å². The molecule has 5 N–H and O–H groups in total. The zero-order valence-corrected chi connectivity index (χ0v) is 18.5. The third-order valence-corrected chi connectivity index (χ3v) is 6.07. The standard InChI is InChI=1S/C24H23F4N5O2/c25-18-7-5-14(12-17(18)24(26,27)28)32-22(35)23(30)9-11-33(13-23)19-8-6-16(21(29)34)20-15(19)4-2-1-3-10-31-20/h3-8,10,12H,1-2,9,11,13,30H2,(H2,29,34)(H,32,35). The van der Waals surface area contributed by atoms with Gasteiger partial charge >= 0.3 is 6.18 Å². The maximum absolute atomic E-state index is 13.6. The average Bonchev–Trinajstić information content (AvgIpc) is 3.17. The Bertz CT molecular complexity index is 1340. The minimum absolute atomic E-state index is 0.0677. The molecule has 1 atom stereocenters. The molecule has 2 aromatic carbocycles. The molecule has 35 heavy (non-hydrogen) atoms. The quantitative estimate of drug-likeness (QED) is 0.572. The average molecular weight is 489 g/mol. The second kappa shape index (κ2) is 9.14. The molecule has 2 aliphatic heterocycles. The van der Waals surface area contributed by atoms with Gasteiger partial charge in [0.05, 0.1) is 16.5 Å². The lowest BCUT2D eigenvalue weighted by Gasteiger charge is -2.25. The summed E-state index contributed by atoms with van der Waals surface area (Å²) in [5, 5.41) is 3.51. The number of carbonyl (C=O) groups is 2. The van der Waals surface area contributed by atoms with Crippen molar-refractivity contribution in [3.05, 3.63) is 70.1 Å². The lowest BCUT2D eigenvalue weighted by atomic mass is 9.98. The van der Waals surface area contributed by atoms with Gasteiger partial charge in [0.15, 0.2) is 0 Å². The zero-order valence-electron chi connectivity index (χ0n) is 18.5. The van der Waals surface area contributed by atoms with Gasteiger partial charge in [-0.15, -0.1) is 0 Å². The highest BCUT2D eigenvalue weighted by molar-refractivity contribution is 5.99. The topological polar surface area (TPSA) is 114 Å². The summed E-state index contributed by atoms with van der Waals surface area (Å²) >= 11 is 0. The van der Waals surface area contributed by atoms with Crippen LogP contribution >= 0.6 is 0 Å². The number of nitrogens with one attached hydrogen (secondary N) is 1. The van der Waals surface area contributed by atoms with Crippen molar-refractivity contribution in [1.29, 1.82) is 0 Å². The van der Waals surface area contributed by atoms with Crippen molar-refractivity contribution >= 4 is 29.3 Å². The Morgan fingerprint density at radius 1 is 1.14 bits per heavy atom. The number of nitrogens with two attached hydrogens (primary N) is 2. The van der Waals surface area contributed by atoms with Crippen LogP contribution in [0.25, 0.3) is 6.08 Å². The van der Waals surface area contributed by atoms with Gasteiger partial charge in [-0.3, -0.25) is 14.6 Å². The molecule has 1 unspecified atom stereocenters. The van der Waals surface area contributed by atoms with E-state index in [0.29, 0.717) is 41.4 Å². The van der Waals surface area contributed by atoms with Crippen molar-refractivity contribution in [2.24, 2.45) is 16.5 Å². The zero-order chi connectivity index (χ0) is 25.4. The summed E-state index contributed by atoms with van der Waals surface area (Å²) in [6.45, 7) is 0.450. The van der Waals surface area contributed by atoms with E-state index in [1.54, 1.807) is 18.3 Å². The van der Waals surface area contributed by atoms with Crippen LogP contribution in [0, 0.1) is 5.82 Å². The van der Waals surface area contributed by atoms with E-state index in [0.717, 1.165) is 12.5 Å². The first-order valence-electron chi connectivity index (χ1n) is 10.9. The molecule has 0 radical (unpaired) electrons. The summed E-state index contributed by atoms with van der Waals surface area (Å²) < 4.78 is 52.7. The third-order valence-electron chi connectivity index (χ3n) is 6.07. The molecule has 4 rings (SSSR count). The van der Waals surface area contributed by atoms with Crippen LogP contribution in [0.4, 0.5) is 28.9 Å². The van der Waals surface area contributed by atoms with Crippen molar-refractivity contribution in [2.75, 3.05) is 23.3 Å². The number of alkyl halides is 3. The molecule has 7 nitrogen and oxygen atoms in total. The van der Waals surface area contributed by atoms with Crippen LogP contribution in [0.1, 0.15) is 35.2 Å². The molecule has 0 spiro atoms. The minimum atomic E-state index is -4.90. The van der Waals surface area contributed by atoms with Gasteiger partial charge in [-0.2, -0.15) is 13.2 Å². The van der Waals surface area contributed by atoms with Gasteiger partial charge in [-0.1, -0.05) is 12.2 Å². The van der Waals surface area contributed by atoms with Crippen LogP contribution in [0.2, 0.25) is 0 Å². The summed E-state index contributed by atoms with van der Waals surface area (Å²) in [7, 11) is 0. The molecule has 2 amide bonds. The number of fused-ring (bicyclic) bond motifs is 1. The number of halogens is 4. The number of hydrogen-bond donors (Lipinski definition) is 3. The van der Waals surface area contributed by atoms with Crippen LogP contribution < -0.4 is 32.3 Å².